The first kappa shape index (κ1) is 18.3. The van der Waals surface area contributed by atoms with Crippen LogP contribution in [0.2, 0.25) is 0 Å². The number of phenols is 2. The topological polar surface area (TPSA) is 62.0 Å². The molecule has 0 amide bonds. The Morgan fingerprint density at radius 3 is 2.62 bits per heavy atom. The summed E-state index contributed by atoms with van der Waals surface area (Å²) in [6, 6.07) is 8.89. The molecule has 5 heteroatoms. The maximum Gasteiger partial charge on any atom is 0.166 e. The molecule has 0 aliphatic rings. The lowest BCUT2D eigenvalue weighted by molar-refractivity contribution is 0.317. The zero-order valence-electron chi connectivity index (χ0n) is 14.1. The van der Waals surface area contributed by atoms with Crippen LogP contribution in [0.15, 0.2) is 39.8 Å². The van der Waals surface area contributed by atoms with Gasteiger partial charge in [0.2, 0.25) is 0 Å². The molecule has 4 nitrogen and oxygen atoms in total. The number of halogens is 1. The monoisotopic (exact) mass is 391 g/mol. The molecular formula is C19H22BrNO3. The predicted octanol–water partition coefficient (Wildman–Crippen LogP) is 5.52. The average molecular weight is 392 g/mol. The van der Waals surface area contributed by atoms with E-state index in [1.165, 1.54) is 6.21 Å². The third kappa shape index (κ3) is 4.29. The van der Waals surface area contributed by atoms with Crippen molar-refractivity contribution in [2.24, 2.45) is 4.99 Å². The minimum atomic E-state index is 0.0290. The Balaban J connectivity index is 2.37. The highest BCUT2D eigenvalue weighted by Gasteiger charge is 2.10. The number of hydrogen-bond acceptors (Lipinski definition) is 4. The SMILES string of the molecule is CCOc1cc(Br)cc(C=Nc2cc([C@H](C)CC)ccc2O)c1O. The van der Waals surface area contributed by atoms with Gasteiger partial charge in [0.25, 0.3) is 0 Å². The summed E-state index contributed by atoms with van der Waals surface area (Å²) >= 11 is 3.40. The highest BCUT2D eigenvalue weighted by Crippen LogP contribution is 2.35. The molecule has 2 aromatic carbocycles. The first-order valence-corrected chi connectivity index (χ1v) is 8.77. The van der Waals surface area contributed by atoms with E-state index < -0.39 is 0 Å². The van der Waals surface area contributed by atoms with Crippen LogP contribution in [-0.2, 0) is 0 Å². The lowest BCUT2D eigenvalue weighted by Gasteiger charge is -2.11. The van der Waals surface area contributed by atoms with Gasteiger partial charge in [-0.3, -0.25) is 4.99 Å². The van der Waals surface area contributed by atoms with Crippen molar-refractivity contribution < 1.29 is 14.9 Å². The number of rotatable bonds is 6. The normalized spacial score (nSPS) is 12.5. The van der Waals surface area contributed by atoms with Crippen molar-refractivity contribution in [3.63, 3.8) is 0 Å². The molecule has 1 atom stereocenters. The van der Waals surface area contributed by atoms with Crippen molar-refractivity contribution in [1.29, 1.82) is 0 Å². The van der Waals surface area contributed by atoms with Crippen LogP contribution in [0.25, 0.3) is 0 Å². The highest BCUT2D eigenvalue weighted by atomic mass is 79.9. The molecule has 0 aliphatic heterocycles. The standard InChI is InChI=1S/C19H22BrNO3/c1-4-12(3)13-6-7-17(22)16(9-13)21-11-14-8-15(20)10-18(19(14)23)24-5-2/h6-12,22-23H,4-5H2,1-3H3/t12-/m1/s1. The minimum absolute atomic E-state index is 0.0290. The van der Waals surface area contributed by atoms with E-state index in [-0.39, 0.29) is 11.5 Å². The Labute approximate surface area is 151 Å². The second-order valence-electron chi connectivity index (χ2n) is 5.59. The number of aromatic hydroxyl groups is 2. The smallest absolute Gasteiger partial charge is 0.166 e. The van der Waals surface area contributed by atoms with Crippen LogP contribution < -0.4 is 4.74 Å². The third-order valence-corrected chi connectivity index (χ3v) is 4.35. The van der Waals surface area contributed by atoms with Gasteiger partial charge in [0.1, 0.15) is 11.4 Å². The highest BCUT2D eigenvalue weighted by molar-refractivity contribution is 9.10. The lowest BCUT2D eigenvalue weighted by Crippen LogP contribution is -1.94. The molecule has 0 aliphatic carbocycles. The van der Waals surface area contributed by atoms with Gasteiger partial charge in [0.15, 0.2) is 11.5 Å². The van der Waals surface area contributed by atoms with E-state index in [0.29, 0.717) is 29.5 Å². The third-order valence-electron chi connectivity index (χ3n) is 3.89. The molecule has 0 saturated heterocycles. The molecule has 0 saturated carbocycles. The van der Waals surface area contributed by atoms with Crippen LogP contribution in [0.1, 0.15) is 44.2 Å². The molecule has 0 aromatic heterocycles. The molecule has 0 radical (unpaired) electrons. The molecule has 24 heavy (non-hydrogen) atoms. The Hall–Kier alpha value is -2.01. The molecule has 0 fully saturated rings. The predicted molar refractivity (Wildman–Crippen MR) is 101 cm³/mol. The molecule has 0 spiro atoms. The van der Waals surface area contributed by atoms with Crippen molar-refractivity contribution in [3.05, 3.63) is 45.9 Å². The fraction of sp³-hybridized carbons (Fsp3) is 0.316. The Morgan fingerprint density at radius 2 is 1.96 bits per heavy atom. The van der Waals surface area contributed by atoms with Gasteiger partial charge in [0, 0.05) is 16.3 Å². The molecule has 2 aromatic rings. The van der Waals surface area contributed by atoms with Crippen molar-refractivity contribution >= 4 is 27.8 Å². The van der Waals surface area contributed by atoms with Gasteiger partial charge in [-0.25, -0.2) is 0 Å². The minimum Gasteiger partial charge on any atom is -0.506 e. The fourth-order valence-electron chi connectivity index (χ4n) is 2.28. The van der Waals surface area contributed by atoms with Gasteiger partial charge in [-0.1, -0.05) is 35.8 Å². The second-order valence-corrected chi connectivity index (χ2v) is 6.51. The van der Waals surface area contributed by atoms with Crippen molar-refractivity contribution in [2.45, 2.75) is 33.1 Å². The maximum atomic E-state index is 10.3. The van der Waals surface area contributed by atoms with E-state index in [1.54, 1.807) is 18.2 Å². The second kappa shape index (κ2) is 8.20. The summed E-state index contributed by atoms with van der Waals surface area (Å²) in [6.07, 6.45) is 2.54. The van der Waals surface area contributed by atoms with E-state index in [4.69, 9.17) is 4.74 Å². The van der Waals surface area contributed by atoms with Crippen molar-refractivity contribution in [2.75, 3.05) is 6.61 Å². The van der Waals surface area contributed by atoms with E-state index in [1.807, 2.05) is 19.1 Å². The molecule has 0 heterocycles. The van der Waals surface area contributed by atoms with Crippen molar-refractivity contribution in [3.8, 4) is 17.2 Å². The van der Waals surface area contributed by atoms with Gasteiger partial charge in [0.05, 0.1) is 6.61 Å². The van der Waals surface area contributed by atoms with Crippen LogP contribution in [0, 0.1) is 0 Å². The van der Waals surface area contributed by atoms with Gasteiger partial charge in [-0.05, 0) is 49.1 Å². The summed E-state index contributed by atoms with van der Waals surface area (Å²) in [5.41, 5.74) is 2.11. The van der Waals surface area contributed by atoms with Gasteiger partial charge < -0.3 is 14.9 Å². The van der Waals surface area contributed by atoms with E-state index in [0.717, 1.165) is 16.5 Å². The fourth-order valence-corrected chi connectivity index (χ4v) is 2.74. The summed E-state index contributed by atoms with van der Waals surface area (Å²) in [5.74, 6) is 0.925. The summed E-state index contributed by atoms with van der Waals surface area (Å²) < 4.78 is 6.19. The van der Waals surface area contributed by atoms with Crippen molar-refractivity contribution in [1.82, 2.24) is 0 Å². The summed E-state index contributed by atoms with van der Waals surface area (Å²) in [4.78, 5) is 4.35. The molecule has 2 rings (SSSR count). The van der Waals surface area contributed by atoms with Gasteiger partial charge in [-0.15, -0.1) is 0 Å². The Kier molecular flexibility index (Phi) is 6.26. The first-order valence-electron chi connectivity index (χ1n) is 7.98. The number of nitrogens with zero attached hydrogens (tertiary/aromatic N) is 1. The van der Waals surface area contributed by atoms with E-state index in [2.05, 4.69) is 34.8 Å². The van der Waals surface area contributed by atoms with E-state index in [9.17, 15) is 10.2 Å². The Morgan fingerprint density at radius 1 is 1.21 bits per heavy atom. The summed E-state index contributed by atoms with van der Waals surface area (Å²) in [5, 5.41) is 20.3. The lowest BCUT2D eigenvalue weighted by atomic mass is 9.98. The quantitative estimate of drug-likeness (QED) is 0.636. The molecular weight excluding hydrogens is 370 g/mol. The maximum absolute atomic E-state index is 10.3. The number of phenolic OH excluding ortho intramolecular Hbond substituents is 2. The van der Waals surface area contributed by atoms with Crippen LogP contribution >= 0.6 is 15.9 Å². The number of ether oxygens (including phenoxy) is 1. The number of benzene rings is 2. The van der Waals surface area contributed by atoms with Crippen LogP contribution in [0.3, 0.4) is 0 Å². The van der Waals surface area contributed by atoms with E-state index >= 15 is 0 Å². The number of hydrogen-bond donors (Lipinski definition) is 2. The van der Waals surface area contributed by atoms with Crippen LogP contribution in [0.5, 0.6) is 17.2 Å². The van der Waals surface area contributed by atoms with Gasteiger partial charge in [-0.2, -0.15) is 0 Å². The molecule has 128 valence electrons. The van der Waals surface area contributed by atoms with Crippen LogP contribution in [0.4, 0.5) is 5.69 Å². The molecule has 2 N–H and O–H groups in total. The summed E-state index contributed by atoms with van der Waals surface area (Å²) in [7, 11) is 0. The Bertz CT molecular complexity index is 744. The zero-order valence-corrected chi connectivity index (χ0v) is 15.7. The van der Waals surface area contributed by atoms with Gasteiger partial charge >= 0.3 is 0 Å². The average Bonchev–Trinajstić information content (AvgIpc) is 2.57. The number of aliphatic imine (C=N–C) groups is 1. The first-order chi connectivity index (χ1) is 11.5. The largest absolute Gasteiger partial charge is 0.506 e. The van der Waals surface area contributed by atoms with Crippen LogP contribution in [-0.4, -0.2) is 23.0 Å². The summed E-state index contributed by atoms with van der Waals surface area (Å²) in [6.45, 7) is 6.56. The molecule has 0 unspecified atom stereocenters. The zero-order chi connectivity index (χ0) is 17.7. The molecule has 0 bridgehead atoms.